The third-order valence-corrected chi connectivity index (χ3v) is 7.21. The number of aryl methyl sites for hydroxylation is 1. The molecule has 1 fully saturated rings. The summed E-state index contributed by atoms with van der Waals surface area (Å²) in [5, 5.41) is 25.5. The third kappa shape index (κ3) is 5.03. The van der Waals surface area contributed by atoms with Crippen molar-refractivity contribution in [1.82, 2.24) is 34.5 Å². The van der Waals surface area contributed by atoms with Gasteiger partial charge in [0.1, 0.15) is 17.4 Å². The Morgan fingerprint density at radius 1 is 1.13 bits per heavy atom. The van der Waals surface area contributed by atoms with E-state index < -0.39 is 5.82 Å². The highest BCUT2D eigenvalue weighted by Crippen LogP contribution is 2.32. The predicted molar refractivity (Wildman–Crippen MR) is 143 cm³/mol. The van der Waals surface area contributed by atoms with Crippen LogP contribution < -0.4 is 10.2 Å². The number of nitrogens with zero attached hydrogens (tertiary/aromatic N) is 9. The number of carbonyl (C=O) groups is 1. The molecule has 1 N–H and O–H groups in total. The standard InChI is InChI=1S/C27H27FN10O/c1-35-15-21(13-31-35)19-9-24(27-20(10-29)12-32-38(27)16-19)36-6-4-23(5-7-36)34-26(39)8-18-2-3-25(30-11-18)37-17-22(28)14-33-37/h3,9,11-18,23H,2,4-8H2,1H3,(H,34,39). The van der Waals surface area contributed by atoms with Crippen LogP contribution in [0.4, 0.5) is 10.1 Å². The first-order valence-electron chi connectivity index (χ1n) is 12.9. The highest BCUT2D eigenvalue weighted by molar-refractivity contribution is 5.84. The summed E-state index contributed by atoms with van der Waals surface area (Å²) in [6.45, 7) is 1.48. The molecule has 6 rings (SSSR count). The van der Waals surface area contributed by atoms with E-state index in [1.54, 1.807) is 21.6 Å². The number of rotatable bonds is 6. The molecule has 1 atom stereocenters. The Kier molecular flexibility index (Phi) is 6.40. The molecule has 0 aromatic carbocycles. The van der Waals surface area contributed by atoms with E-state index in [2.05, 4.69) is 42.6 Å². The monoisotopic (exact) mass is 526 g/mol. The highest BCUT2D eigenvalue weighted by Gasteiger charge is 2.25. The lowest BCUT2D eigenvalue weighted by atomic mass is 9.99. The van der Waals surface area contributed by atoms with E-state index in [9.17, 15) is 14.4 Å². The maximum atomic E-state index is 13.2. The predicted octanol–water partition coefficient (Wildman–Crippen LogP) is 3.01. The summed E-state index contributed by atoms with van der Waals surface area (Å²) < 4.78 is 18.1. The van der Waals surface area contributed by atoms with Crippen molar-refractivity contribution in [3.05, 3.63) is 60.7 Å². The molecule has 0 bridgehead atoms. The minimum atomic E-state index is -0.417. The molecular weight excluding hydrogens is 499 g/mol. The summed E-state index contributed by atoms with van der Waals surface area (Å²) >= 11 is 0. The Bertz CT molecular complexity index is 1630. The summed E-state index contributed by atoms with van der Waals surface area (Å²) in [7, 11) is 1.88. The molecule has 1 saturated heterocycles. The Labute approximate surface area is 223 Å². The van der Waals surface area contributed by atoms with Gasteiger partial charge in [-0.1, -0.05) is 0 Å². The van der Waals surface area contributed by atoms with Crippen LogP contribution in [-0.4, -0.2) is 60.4 Å². The lowest BCUT2D eigenvalue weighted by Crippen LogP contribution is -2.45. The van der Waals surface area contributed by atoms with Gasteiger partial charge >= 0.3 is 0 Å². The van der Waals surface area contributed by atoms with E-state index in [-0.39, 0.29) is 17.9 Å². The normalized spacial score (nSPS) is 17.8. The molecule has 0 saturated carbocycles. The third-order valence-electron chi connectivity index (χ3n) is 7.21. The first-order chi connectivity index (χ1) is 19.0. The van der Waals surface area contributed by atoms with Gasteiger partial charge in [0.25, 0.3) is 0 Å². The molecule has 2 aliphatic heterocycles. The fraction of sp³-hybridized carbons (Fsp3) is 0.333. The van der Waals surface area contributed by atoms with Crippen LogP contribution in [0, 0.1) is 23.1 Å². The summed E-state index contributed by atoms with van der Waals surface area (Å²) in [6.07, 6.45) is 15.9. The van der Waals surface area contributed by atoms with Gasteiger partial charge < -0.3 is 10.2 Å². The number of amides is 1. The molecule has 39 heavy (non-hydrogen) atoms. The maximum Gasteiger partial charge on any atom is 0.220 e. The molecule has 1 amide bonds. The number of nitriles is 1. The van der Waals surface area contributed by atoms with Gasteiger partial charge in [0.05, 0.1) is 36.0 Å². The lowest BCUT2D eigenvalue weighted by Gasteiger charge is -2.34. The van der Waals surface area contributed by atoms with Crippen LogP contribution in [-0.2, 0) is 11.8 Å². The van der Waals surface area contributed by atoms with Gasteiger partial charge in [-0.15, -0.1) is 0 Å². The fourth-order valence-electron chi connectivity index (χ4n) is 5.21. The zero-order chi connectivity index (χ0) is 26.9. The molecule has 6 heterocycles. The van der Waals surface area contributed by atoms with Crippen molar-refractivity contribution in [3.63, 3.8) is 0 Å². The second-order valence-electron chi connectivity index (χ2n) is 9.95. The molecule has 4 aromatic heterocycles. The molecule has 1 unspecified atom stereocenters. The minimum Gasteiger partial charge on any atom is -0.370 e. The van der Waals surface area contributed by atoms with E-state index in [0.717, 1.165) is 54.5 Å². The highest BCUT2D eigenvalue weighted by atomic mass is 19.1. The zero-order valence-corrected chi connectivity index (χ0v) is 21.4. The minimum absolute atomic E-state index is 0.00425. The van der Waals surface area contributed by atoms with Gasteiger partial charge in [-0.05, 0) is 31.4 Å². The first-order valence-corrected chi connectivity index (χ1v) is 12.9. The number of fused-ring (bicyclic) bond motifs is 1. The van der Waals surface area contributed by atoms with Crippen LogP contribution in [0.1, 0.15) is 31.2 Å². The van der Waals surface area contributed by atoms with Crippen molar-refractivity contribution in [3.8, 4) is 17.2 Å². The van der Waals surface area contributed by atoms with Crippen LogP contribution in [0.15, 0.2) is 54.3 Å². The van der Waals surface area contributed by atoms with Crippen molar-refractivity contribution in [2.45, 2.75) is 31.7 Å². The number of anilines is 1. The second kappa shape index (κ2) is 10.2. The van der Waals surface area contributed by atoms with Crippen molar-refractivity contribution in [2.75, 3.05) is 18.0 Å². The van der Waals surface area contributed by atoms with E-state index in [1.807, 2.05) is 31.7 Å². The van der Waals surface area contributed by atoms with E-state index >= 15 is 0 Å². The number of pyridine rings is 1. The number of aliphatic imine (C=N–C) groups is 1. The lowest BCUT2D eigenvalue weighted by molar-refractivity contribution is -0.122. The Hall–Kier alpha value is -4.79. The van der Waals surface area contributed by atoms with Gasteiger partial charge in [-0.25, -0.2) is 18.6 Å². The molecular formula is C27H27FN10O. The van der Waals surface area contributed by atoms with Crippen molar-refractivity contribution in [1.29, 1.82) is 5.26 Å². The smallest absolute Gasteiger partial charge is 0.220 e. The Morgan fingerprint density at radius 3 is 2.64 bits per heavy atom. The second-order valence-corrected chi connectivity index (χ2v) is 9.95. The quantitative estimate of drug-likeness (QED) is 0.412. The average Bonchev–Trinajstić information content (AvgIpc) is 3.68. The molecule has 4 aromatic rings. The van der Waals surface area contributed by atoms with Crippen molar-refractivity contribution in [2.24, 2.45) is 18.0 Å². The first kappa shape index (κ1) is 24.5. The number of hydrogen-bond acceptors (Lipinski definition) is 7. The Balaban J connectivity index is 1.09. The summed E-state index contributed by atoms with van der Waals surface area (Å²) in [5.41, 5.74) is 4.21. The SMILES string of the molecule is Cn1cc(-c2cc(N3CCC(NC(=O)CC4C=NC(n5cc(F)cn5)=CC4)CC3)c3c(C#N)cnn3c2)cn1. The van der Waals surface area contributed by atoms with Crippen LogP contribution in [0.3, 0.4) is 0 Å². The van der Waals surface area contributed by atoms with Crippen molar-refractivity contribution >= 4 is 29.1 Å². The molecule has 2 aliphatic rings. The summed E-state index contributed by atoms with van der Waals surface area (Å²) in [5.74, 6) is 0.127. The van der Waals surface area contributed by atoms with Gasteiger partial charge in [-0.3, -0.25) is 9.48 Å². The number of hydrogen-bond donors (Lipinski definition) is 1. The van der Waals surface area contributed by atoms with Crippen molar-refractivity contribution < 1.29 is 9.18 Å². The number of piperidine rings is 1. The number of allylic oxidation sites excluding steroid dienone is 1. The number of carbonyl (C=O) groups excluding carboxylic acids is 1. The molecule has 0 spiro atoms. The van der Waals surface area contributed by atoms with Gasteiger partial charge in [0.2, 0.25) is 5.91 Å². The van der Waals surface area contributed by atoms with Gasteiger partial charge in [0, 0.05) is 68.3 Å². The topological polar surface area (TPSA) is 121 Å². The molecule has 198 valence electrons. The molecule has 0 radical (unpaired) electrons. The van der Waals surface area contributed by atoms with E-state index in [4.69, 9.17) is 0 Å². The van der Waals surface area contributed by atoms with Crippen LogP contribution >= 0.6 is 0 Å². The van der Waals surface area contributed by atoms with Crippen LogP contribution in [0.25, 0.3) is 22.5 Å². The molecule has 11 nitrogen and oxygen atoms in total. The van der Waals surface area contributed by atoms with E-state index in [1.165, 1.54) is 10.9 Å². The number of halogens is 1. The maximum absolute atomic E-state index is 13.2. The Morgan fingerprint density at radius 2 is 1.97 bits per heavy atom. The van der Waals surface area contributed by atoms with Gasteiger partial charge in [0.15, 0.2) is 5.82 Å². The molecule has 0 aliphatic carbocycles. The van der Waals surface area contributed by atoms with Gasteiger partial charge in [-0.2, -0.15) is 20.6 Å². The fourth-order valence-corrected chi connectivity index (χ4v) is 5.21. The van der Waals surface area contributed by atoms with Crippen LogP contribution in [0.2, 0.25) is 0 Å². The largest absolute Gasteiger partial charge is 0.370 e. The number of nitrogens with one attached hydrogen (secondary N) is 1. The molecule has 12 heteroatoms. The average molecular weight is 527 g/mol. The van der Waals surface area contributed by atoms with E-state index in [0.29, 0.717) is 24.2 Å². The van der Waals surface area contributed by atoms with Crippen LogP contribution in [0.5, 0.6) is 0 Å². The number of aromatic nitrogens is 6. The zero-order valence-electron chi connectivity index (χ0n) is 21.4. The summed E-state index contributed by atoms with van der Waals surface area (Å²) in [4.78, 5) is 19.4. The summed E-state index contributed by atoms with van der Waals surface area (Å²) in [6, 6.07) is 4.43.